The number of halogens is 4. The van der Waals surface area contributed by atoms with Gasteiger partial charge >= 0.3 is 12.3 Å². The fourth-order valence-electron chi connectivity index (χ4n) is 2.56. The number of ketones is 1. The molecule has 1 fully saturated rings. The highest BCUT2D eigenvalue weighted by atomic mass is 79.9. The van der Waals surface area contributed by atoms with Crippen LogP contribution in [0.15, 0.2) is 30.3 Å². The van der Waals surface area contributed by atoms with E-state index in [4.69, 9.17) is 4.74 Å². The Morgan fingerprint density at radius 1 is 1.24 bits per heavy atom. The predicted octanol–water partition coefficient (Wildman–Crippen LogP) is 4.37. The highest BCUT2D eigenvalue weighted by molar-refractivity contribution is 9.09. The SMILES string of the molecule is O=C(N[C@@H](CCC1(C(F)(F)F)CC1)C(=O)CBr)OCc1ccccc1. The van der Waals surface area contributed by atoms with Crippen molar-refractivity contribution in [2.24, 2.45) is 5.41 Å². The van der Waals surface area contributed by atoms with Crippen LogP contribution in [0.25, 0.3) is 0 Å². The normalized spacial score (nSPS) is 16.8. The molecule has 0 heterocycles. The van der Waals surface area contributed by atoms with E-state index in [1.54, 1.807) is 24.3 Å². The summed E-state index contributed by atoms with van der Waals surface area (Å²) in [6, 6.07) is 7.95. The Kier molecular flexibility index (Phi) is 6.48. The number of hydrogen-bond acceptors (Lipinski definition) is 3. The van der Waals surface area contributed by atoms with Crippen LogP contribution in [-0.4, -0.2) is 29.4 Å². The van der Waals surface area contributed by atoms with Crippen molar-refractivity contribution in [3.63, 3.8) is 0 Å². The molecule has 0 spiro atoms. The van der Waals surface area contributed by atoms with Crippen LogP contribution in [0.5, 0.6) is 0 Å². The number of carbonyl (C=O) groups excluding carboxylic acids is 2. The van der Waals surface area contributed by atoms with Gasteiger partial charge in [-0.3, -0.25) is 4.79 Å². The van der Waals surface area contributed by atoms with Crippen molar-refractivity contribution in [2.75, 3.05) is 5.33 Å². The molecule has 0 saturated heterocycles. The summed E-state index contributed by atoms with van der Waals surface area (Å²) in [7, 11) is 0. The number of ether oxygens (including phenoxy) is 1. The van der Waals surface area contributed by atoms with Crippen LogP contribution in [0.3, 0.4) is 0 Å². The number of alkyl halides is 4. The summed E-state index contributed by atoms with van der Waals surface area (Å²) in [5.41, 5.74) is -0.928. The molecule has 0 aliphatic heterocycles. The molecule has 8 heteroatoms. The average Bonchev–Trinajstić information content (AvgIpc) is 3.38. The number of benzene rings is 1. The molecular weight excluding hydrogens is 403 g/mol. The summed E-state index contributed by atoms with van der Waals surface area (Å²) in [4.78, 5) is 23.8. The van der Waals surface area contributed by atoms with Crippen LogP contribution < -0.4 is 5.32 Å². The average molecular weight is 422 g/mol. The monoisotopic (exact) mass is 421 g/mol. The van der Waals surface area contributed by atoms with Gasteiger partial charge in [0, 0.05) is 0 Å². The zero-order chi connectivity index (χ0) is 18.5. The van der Waals surface area contributed by atoms with E-state index in [2.05, 4.69) is 21.2 Å². The minimum Gasteiger partial charge on any atom is -0.445 e. The quantitative estimate of drug-likeness (QED) is 0.634. The van der Waals surface area contributed by atoms with Gasteiger partial charge in [0.05, 0.1) is 16.8 Å². The number of Topliss-reactive ketones (excluding diaryl/α,β-unsaturated/α-hetero) is 1. The molecule has 0 bridgehead atoms. The third-order valence-electron chi connectivity index (χ3n) is 4.39. The molecule has 1 atom stereocenters. The van der Waals surface area contributed by atoms with E-state index in [-0.39, 0.29) is 43.4 Å². The van der Waals surface area contributed by atoms with Crippen molar-refractivity contribution in [1.29, 1.82) is 0 Å². The Balaban J connectivity index is 1.87. The van der Waals surface area contributed by atoms with Gasteiger partial charge in [0.25, 0.3) is 0 Å². The molecule has 1 aromatic carbocycles. The molecular formula is C17H19BrF3NO3. The molecule has 1 amide bonds. The first kappa shape index (κ1) is 19.8. The molecule has 1 aliphatic carbocycles. The minimum absolute atomic E-state index is 0.0222. The van der Waals surface area contributed by atoms with E-state index in [9.17, 15) is 22.8 Å². The van der Waals surface area contributed by atoms with Crippen molar-refractivity contribution in [3.8, 4) is 0 Å². The van der Waals surface area contributed by atoms with E-state index in [0.29, 0.717) is 0 Å². The van der Waals surface area contributed by atoms with Crippen LogP contribution in [0.2, 0.25) is 0 Å². The van der Waals surface area contributed by atoms with E-state index >= 15 is 0 Å². The highest BCUT2D eigenvalue weighted by Crippen LogP contribution is 2.60. The molecule has 4 nitrogen and oxygen atoms in total. The van der Waals surface area contributed by atoms with Crippen molar-refractivity contribution in [2.45, 2.75) is 44.5 Å². The van der Waals surface area contributed by atoms with E-state index in [0.717, 1.165) is 5.56 Å². The first-order valence-corrected chi connectivity index (χ1v) is 9.02. The largest absolute Gasteiger partial charge is 0.445 e. The van der Waals surface area contributed by atoms with E-state index < -0.39 is 23.7 Å². The lowest BCUT2D eigenvalue weighted by molar-refractivity contribution is -0.189. The van der Waals surface area contributed by atoms with Crippen LogP contribution >= 0.6 is 15.9 Å². The number of hydrogen-bond donors (Lipinski definition) is 1. The standard InChI is InChI=1S/C17H19BrF3NO3/c18-10-14(23)13(6-7-16(8-9-16)17(19,20)21)22-15(24)25-11-12-4-2-1-3-5-12/h1-5,13H,6-11H2,(H,22,24)/t13-/m0/s1. The first-order chi connectivity index (χ1) is 11.8. The van der Waals surface area contributed by atoms with Gasteiger partial charge < -0.3 is 10.1 Å². The molecule has 0 radical (unpaired) electrons. The van der Waals surface area contributed by atoms with Crippen LogP contribution in [-0.2, 0) is 16.1 Å². The van der Waals surface area contributed by atoms with Gasteiger partial charge in [0.15, 0.2) is 5.78 Å². The predicted molar refractivity (Wildman–Crippen MR) is 89.3 cm³/mol. The van der Waals surface area contributed by atoms with Crippen molar-refractivity contribution in [3.05, 3.63) is 35.9 Å². The third kappa shape index (κ3) is 5.45. The van der Waals surface area contributed by atoms with Crippen molar-refractivity contribution in [1.82, 2.24) is 5.32 Å². The second-order valence-electron chi connectivity index (χ2n) is 6.18. The Bertz CT molecular complexity index is 603. The van der Waals surface area contributed by atoms with Gasteiger partial charge in [0.1, 0.15) is 6.61 Å². The van der Waals surface area contributed by atoms with Gasteiger partial charge in [-0.05, 0) is 31.2 Å². The Morgan fingerprint density at radius 3 is 2.40 bits per heavy atom. The maximum Gasteiger partial charge on any atom is 0.408 e. The van der Waals surface area contributed by atoms with Gasteiger partial charge in [-0.25, -0.2) is 4.79 Å². The lowest BCUT2D eigenvalue weighted by atomic mass is 9.95. The highest BCUT2D eigenvalue weighted by Gasteiger charge is 2.62. The summed E-state index contributed by atoms with van der Waals surface area (Å²) in [6.07, 6.45) is -5.19. The molecule has 1 aromatic rings. The second-order valence-corrected chi connectivity index (χ2v) is 6.74. The molecule has 1 N–H and O–H groups in total. The van der Waals surface area contributed by atoms with Gasteiger partial charge in [0.2, 0.25) is 0 Å². The zero-order valence-corrected chi connectivity index (χ0v) is 15.0. The molecule has 25 heavy (non-hydrogen) atoms. The van der Waals surface area contributed by atoms with Crippen molar-refractivity contribution < 1.29 is 27.5 Å². The van der Waals surface area contributed by atoms with Crippen LogP contribution in [0.4, 0.5) is 18.0 Å². The summed E-state index contributed by atoms with van der Waals surface area (Å²) in [5, 5.41) is 2.34. The molecule has 2 rings (SSSR count). The number of alkyl carbamates (subject to hydrolysis) is 1. The van der Waals surface area contributed by atoms with Crippen LogP contribution in [0, 0.1) is 5.41 Å². The summed E-state index contributed by atoms with van der Waals surface area (Å²) < 4.78 is 44.0. The topological polar surface area (TPSA) is 55.4 Å². The molecule has 138 valence electrons. The number of carbonyl (C=O) groups is 2. The zero-order valence-electron chi connectivity index (χ0n) is 13.4. The maximum atomic E-state index is 13.0. The Morgan fingerprint density at radius 2 is 1.88 bits per heavy atom. The minimum atomic E-state index is -4.27. The molecule has 0 aromatic heterocycles. The smallest absolute Gasteiger partial charge is 0.408 e. The summed E-state index contributed by atoms with van der Waals surface area (Å²) in [5.74, 6) is -0.380. The van der Waals surface area contributed by atoms with Crippen LogP contribution in [0.1, 0.15) is 31.2 Å². The van der Waals surface area contributed by atoms with E-state index in [1.165, 1.54) is 0 Å². The third-order valence-corrected chi connectivity index (χ3v) is 4.94. The Hall–Kier alpha value is -1.57. The molecule has 1 saturated carbocycles. The number of amides is 1. The van der Waals surface area contributed by atoms with Gasteiger partial charge in [-0.1, -0.05) is 46.3 Å². The first-order valence-electron chi connectivity index (χ1n) is 7.90. The molecule has 1 aliphatic rings. The maximum absolute atomic E-state index is 13.0. The van der Waals surface area contributed by atoms with Gasteiger partial charge in [-0.15, -0.1) is 0 Å². The fraction of sp³-hybridized carbons (Fsp3) is 0.529. The molecule has 0 unspecified atom stereocenters. The number of rotatable bonds is 8. The number of nitrogens with one attached hydrogen (secondary N) is 1. The summed E-state index contributed by atoms with van der Waals surface area (Å²) >= 11 is 2.99. The Labute approximate surface area is 152 Å². The van der Waals surface area contributed by atoms with Gasteiger partial charge in [-0.2, -0.15) is 13.2 Å². The fourth-order valence-corrected chi connectivity index (χ4v) is 2.95. The van der Waals surface area contributed by atoms with E-state index in [1.807, 2.05) is 6.07 Å². The summed E-state index contributed by atoms with van der Waals surface area (Å²) in [6.45, 7) is 0.0222. The van der Waals surface area contributed by atoms with Crippen molar-refractivity contribution >= 4 is 27.8 Å². The lowest BCUT2D eigenvalue weighted by Crippen LogP contribution is -2.42. The lowest BCUT2D eigenvalue weighted by Gasteiger charge is -2.22. The second kappa shape index (κ2) is 8.21.